The van der Waals surface area contributed by atoms with Crippen LogP contribution >= 0.6 is 0 Å². The van der Waals surface area contributed by atoms with Crippen molar-refractivity contribution in [2.45, 2.75) is 6.42 Å². The van der Waals surface area contributed by atoms with Crippen LogP contribution in [-0.4, -0.2) is 4.98 Å². The van der Waals surface area contributed by atoms with Crippen molar-refractivity contribution in [1.29, 1.82) is 0 Å². The van der Waals surface area contributed by atoms with E-state index in [9.17, 15) is 0 Å². The molecule has 0 bridgehead atoms. The minimum Gasteiger partial charge on any atom is -1.00 e. The van der Waals surface area contributed by atoms with Crippen molar-refractivity contribution in [3.8, 4) is 0 Å². The van der Waals surface area contributed by atoms with Gasteiger partial charge in [0.15, 0.2) is 0 Å². The quantitative estimate of drug-likeness (QED) is 0.711. The standard InChI is InChI=1S/C14H14N2.ClH/c1-3-12-5-7-13(8-6-12)11-14-15-9-10-16(14)4-2;/h3-10H,1-2,11H2;1H. The van der Waals surface area contributed by atoms with Crippen LogP contribution in [0.15, 0.2) is 49.8 Å². The first kappa shape index (κ1) is 13.3. The van der Waals surface area contributed by atoms with E-state index in [1.165, 1.54) is 5.56 Å². The molecule has 0 amide bonds. The Balaban J connectivity index is 0.00000144. The number of hydrogen-bond acceptors (Lipinski definition) is 0. The molecule has 1 aromatic heterocycles. The molecule has 1 aromatic carbocycles. The van der Waals surface area contributed by atoms with Crippen LogP contribution in [0, 0.1) is 0 Å². The summed E-state index contributed by atoms with van der Waals surface area (Å²) in [7, 11) is 0. The molecular formula is C14H15ClN2. The zero-order valence-corrected chi connectivity index (χ0v) is 10.3. The lowest BCUT2D eigenvalue weighted by atomic mass is 10.1. The molecule has 2 aromatic rings. The number of nitrogens with one attached hydrogen (secondary N) is 1. The van der Waals surface area contributed by atoms with Gasteiger partial charge in [-0.15, -0.1) is 0 Å². The van der Waals surface area contributed by atoms with Crippen molar-refractivity contribution in [3.63, 3.8) is 0 Å². The number of benzene rings is 1. The molecular weight excluding hydrogens is 232 g/mol. The topological polar surface area (TPSA) is 19.7 Å². The van der Waals surface area contributed by atoms with E-state index in [4.69, 9.17) is 0 Å². The first-order valence-electron chi connectivity index (χ1n) is 5.25. The second-order valence-electron chi connectivity index (χ2n) is 3.62. The molecule has 17 heavy (non-hydrogen) atoms. The minimum atomic E-state index is 0. The molecule has 1 heterocycles. The van der Waals surface area contributed by atoms with Crippen molar-refractivity contribution in [2.24, 2.45) is 0 Å². The van der Waals surface area contributed by atoms with Crippen LogP contribution in [0.2, 0.25) is 0 Å². The molecule has 0 aliphatic heterocycles. The molecule has 0 aliphatic rings. The second kappa shape index (κ2) is 6.06. The average Bonchev–Trinajstić information content (AvgIpc) is 2.77. The fourth-order valence-electron chi connectivity index (χ4n) is 1.66. The third kappa shape index (κ3) is 3.08. The number of aromatic amines is 1. The number of H-pyrrole nitrogens is 1. The third-order valence-electron chi connectivity index (χ3n) is 2.58. The predicted octanol–water partition coefficient (Wildman–Crippen LogP) is -0.359. The zero-order valence-electron chi connectivity index (χ0n) is 9.57. The summed E-state index contributed by atoms with van der Waals surface area (Å²) in [5.41, 5.74) is 2.41. The summed E-state index contributed by atoms with van der Waals surface area (Å²) in [4.78, 5) is 3.21. The van der Waals surface area contributed by atoms with E-state index in [0.717, 1.165) is 17.8 Å². The summed E-state index contributed by atoms with van der Waals surface area (Å²) in [5.74, 6) is 1.13. The van der Waals surface area contributed by atoms with E-state index in [0.29, 0.717) is 0 Å². The highest BCUT2D eigenvalue weighted by Gasteiger charge is 2.08. The average molecular weight is 247 g/mol. The van der Waals surface area contributed by atoms with Crippen LogP contribution in [-0.2, 0) is 6.42 Å². The SMILES string of the molecule is C=Cc1ccc(Cc2[nH]cc[n+]2C=C)cc1.[Cl-]. The molecule has 0 unspecified atom stereocenters. The molecule has 1 N–H and O–H groups in total. The predicted molar refractivity (Wildman–Crippen MR) is 66.7 cm³/mol. The van der Waals surface area contributed by atoms with Gasteiger partial charge in [0.05, 0.1) is 12.6 Å². The van der Waals surface area contributed by atoms with Crippen LogP contribution in [0.4, 0.5) is 0 Å². The Bertz CT molecular complexity index is 497. The van der Waals surface area contributed by atoms with Gasteiger partial charge in [0.1, 0.15) is 12.4 Å². The van der Waals surface area contributed by atoms with Gasteiger partial charge in [0.25, 0.3) is 5.82 Å². The van der Waals surface area contributed by atoms with Gasteiger partial charge in [-0.25, -0.2) is 9.55 Å². The Morgan fingerprint density at radius 3 is 2.47 bits per heavy atom. The fraction of sp³-hybridized carbons (Fsp3) is 0.0714. The van der Waals surface area contributed by atoms with Gasteiger partial charge < -0.3 is 12.4 Å². The van der Waals surface area contributed by atoms with Crippen LogP contribution in [0.3, 0.4) is 0 Å². The molecule has 2 rings (SSSR count). The lowest BCUT2D eigenvalue weighted by molar-refractivity contribution is -0.575. The van der Waals surface area contributed by atoms with Crippen molar-refractivity contribution in [2.75, 3.05) is 0 Å². The Kier molecular flexibility index (Phi) is 4.73. The summed E-state index contributed by atoms with van der Waals surface area (Å²) in [6.07, 6.45) is 8.39. The van der Waals surface area contributed by atoms with E-state index in [-0.39, 0.29) is 12.4 Å². The number of hydrogen-bond donors (Lipinski definition) is 1. The van der Waals surface area contributed by atoms with Gasteiger partial charge in [0, 0.05) is 0 Å². The molecule has 0 aliphatic carbocycles. The number of halogens is 1. The number of imidazole rings is 1. The molecule has 0 atom stereocenters. The Labute approximate surface area is 108 Å². The molecule has 0 spiro atoms. The number of aromatic nitrogens is 2. The van der Waals surface area contributed by atoms with Crippen molar-refractivity contribution >= 4 is 12.3 Å². The van der Waals surface area contributed by atoms with Crippen LogP contribution < -0.4 is 17.0 Å². The van der Waals surface area contributed by atoms with Gasteiger partial charge >= 0.3 is 0 Å². The molecule has 0 radical (unpaired) electrons. The fourth-order valence-corrected chi connectivity index (χ4v) is 1.66. The summed E-state index contributed by atoms with van der Waals surface area (Å²) in [6, 6.07) is 8.38. The van der Waals surface area contributed by atoms with Gasteiger partial charge in [-0.3, -0.25) is 0 Å². The molecule has 0 saturated carbocycles. The molecule has 2 nitrogen and oxygen atoms in total. The normalized spacial score (nSPS) is 9.41. The highest BCUT2D eigenvalue weighted by Crippen LogP contribution is 2.08. The third-order valence-corrected chi connectivity index (χ3v) is 2.58. The summed E-state index contributed by atoms with van der Waals surface area (Å²) >= 11 is 0. The number of nitrogens with zero attached hydrogens (tertiary/aromatic N) is 1. The highest BCUT2D eigenvalue weighted by molar-refractivity contribution is 5.47. The molecule has 88 valence electrons. The summed E-state index contributed by atoms with van der Waals surface area (Å²) in [6.45, 7) is 7.50. The Morgan fingerprint density at radius 2 is 1.88 bits per heavy atom. The maximum absolute atomic E-state index is 3.76. The molecule has 0 fully saturated rings. The van der Waals surface area contributed by atoms with Gasteiger partial charge in [0.2, 0.25) is 0 Å². The van der Waals surface area contributed by atoms with Gasteiger partial charge in [-0.05, 0) is 11.1 Å². The molecule has 3 heteroatoms. The summed E-state index contributed by atoms with van der Waals surface area (Å²) in [5, 5.41) is 0. The molecule has 0 saturated heterocycles. The maximum atomic E-state index is 3.76. The summed E-state index contributed by atoms with van der Waals surface area (Å²) < 4.78 is 1.99. The zero-order chi connectivity index (χ0) is 11.4. The van der Waals surface area contributed by atoms with E-state index in [1.54, 1.807) is 6.20 Å². The maximum Gasteiger partial charge on any atom is 0.263 e. The Hall–Kier alpha value is -1.80. The smallest absolute Gasteiger partial charge is 0.263 e. The van der Waals surface area contributed by atoms with Crippen LogP contribution in [0.1, 0.15) is 17.0 Å². The largest absolute Gasteiger partial charge is 1.00 e. The first-order chi connectivity index (χ1) is 7.83. The Morgan fingerprint density at radius 1 is 1.18 bits per heavy atom. The first-order valence-corrected chi connectivity index (χ1v) is 5.25. The van der Waals surface area contributed by atoms with Gasteiger partial charge in [-0.2, -0.15) is 0 Å². The van der Waals surface area contributed by atoms with Crippen molar-refractivity contribution < 1.29 is 17.0 Å². The number of rotatable bonds is 4. The van der Waals surface area contributed by atoms with Crippen LogP contribution in [0.5, 0.6) is 0 Å². The van der Waals surface area contributed by atoms with E-state index in [1.807, 2.05) is 23.0 Å². The lowest BCUT2D eigenvalue weighted by Crippen LogP contribution is -3.00. The van der Waals surface area contributed by atoms with Gasteiger partial charge in [-0.1, -0.05) is 43.5 Å². The van der Waals surface area contributed by atoms with Crippen molar-refractivity contribution in [1.82, 2.24) is 4.98 Å². The van der Waals surface area contributed by atoms with Crippen LogP contribution in [0.25, 0.3) is 12.3 Å². The van der Waals surface area contributed by atoms with E-state index >= 15 is 0 Å². The minimum absolute atomic E-state index is 0. The highest BCUT2D eigenvalue weighted by atomic mass is 35.5. The second-order valence-corrected chi connectivity index (χ2v) is 3.62. The van der Waals surface area contributed by atoms with E-state index < -0.39 is 0 Å². The van der Waals surface area contributed by atoms with E-state index in [2.05, 4.69) is 42.4 Å². The monoisotopic (exact) mass is 246 g/mol. The lowest BCUT2D eigenvalue weighted by Gasteiger charge is -1.98. The van der Waals surface area contributed by atoms with Crippen molar-refractivity contribution in [3.05, 3.63) is 66.8 Å².